The Hall–Kier alpha value is -6.52. The van der Waals surface area contributed by atoms with Gasteiger partial charge in [0.15, 0.2) is 0 Å². The summed E-state index contributed by atoms with van der Waals surface area (Å²) in [5.41, 5.74) is 14.9. The molecule has 1 saturated carbocycles. The fourth-order valence-corrected chi connectivity index (χ4v) is 9.82. The molecule has 0 radical (unpaired) electrons. The average molecular weight is 680 g/mol. The maximum Gasteiger partial charge on any atom is 0.235 e. The monoisotopic (exact) mass is 679 g/mol. The van der Waals surface area contributed by atoms with Gasteiger partial charge >= 0.3 is 0 Å². The van der Waals surface area contributed by atoms with Crippen LogP contribution in [0.2, 0.25) is 0 Å². The highest BCUT2D eigenvalue weighted by Gasteiger charge is 2.45. The summed E-state index contributed by atoms with van der Waals surface area (Å²) in [6, 6.07) is 54.6. The van der Waals surface area contributed by atoms with E-state index in [0.717, 1.165) is 66.3 Å². The highest BCUT2D eigenvalue weighted by atomic mass is 16.3. The van der Waals surface area contributed by atoms with Crippen LogP contribution >= 0.6 is 0 Å². The Morgan fingerprint density at radius 1 is 0.491 bits per heavy atom. The van der Waals surface area contributed by atoms with Gasteiger partial charge < -0.3 is 4.42 Å². The Balaban J connectivity index is 1.18. The van der Waals surface area contributed by atoms with E-state index in [1.807, 2.05) is 6.07 Å². The number of hydrogen-bond donors (Lipinski definition) is 0. The molecule has 0 amide bonds. The van der Waals surface area contributed by atoms with Gasteiger partial charge in [-0.15, -0.1) is 0 Å². The number of benzene rings is 7. The lowest BCUT2D eigenvalue weighted by Crippen LogP contribution is -2.20. The largest absolute Gasteiger partial charge is 0.455 e. The molecule has 2 aliphatic carbocycles. The molecule has 1 fully saturated rings. The second-order valence-corrected chi connectivity index (χ2v) is 14.9. The van der Waals surface area contributed by atoms with Crippen LogP contribution in [0.25, 0.3) is 94.1 Å². The summed E-state index contributed by atoms with van der Waals surface area (Å²) >= 11 is 0. The predicted octanol–water partition coefficient (Wildman–Crippen LogP) is 12.8. The van der Waals surface area contributed by atoms with Crippen molar-refractivity contribution in [2.24, 2.45) is 0 Å². The van der Waals surface area contributed by atoms with Crippen LogP contribution in [0.5, 0.6) is 0 Å². The topological polar surface area (TPSA) is 43.9 Å². The molecule has 250 valence electrons. The zero-order valence-corrected chi connectivity index (χ0v) is 29.0. The van der Waals surface area contributed by atoms with Crippen molar-refractivity contribution in [3.05, 3.63) is 163 Å². The van der Waals surface area contributed by atoms with Crippen LogP contribution in [-0.4, -0.2) is 14.5 Å². The predicted molar refractivity (Wildman–Crippen MR) is 217 cm³/mol. The number of rotatable bonds is 3. The minimum absolute atomic E-state index is 0.0615. The van der Waals surface area contributed by atoms with E-state index in [1.54, 1.807) is 0 Å². The SMILES string of the molecule is c1ccc(-c2nc(-n3c4ccc(-c5cccc6c5oc5ccccc56)cc4c4cc5c(cc43)-c3ccccc3C53CCCC3)nc3ccccc23)cc1. The molecule has 53 heavy (non-hydrogen) atoms. The van der Waals surface area contributed by atoms with Crippen LogP contribution in [-0.2, 0) is 5.41 Å². The van der Waals surface area contributed by atoms with E-state index in [4.69, 9.17) is 14.4 Å². The zero-order chi connectivity index (χ0) is 34.7. The summed E-state index contributed by atoms with van der Waals surface area (Å²) in [4.78, 5) is 10.7. The Kier molecular flexibility index (Phi) is 5.90. The average Bonchev–Trinajstić information content (AvgIpc) is 3.99. The molecule has 3 aromatic heterocycles. The third kappa shape index (κ3) is 4.01. The van der Waals surface area contributed by atoms with Gasteiger partial charge in [-0.1, -0.05) is 128 Å². The molecule has 4 heteroatoms. The zero-order valence-electron chi connectivity index (χ0n) is 29.0. The van der Waals surface area contributed by atoms with E-state index in [9.17, 15) is 0 Å². The van der Waals surface area contributed by atoms with E-state index in [-0.39, 0.29) is 5.41 Å². The van der Waals surface area contributed by atoms with Gasteiger partial charge in [0.1, 0.15) is 11.2 Å². The van der Waals surface area contributed by atoms with Crippen molar-refractivity contribution < 1.29 is 4.42 Å². The molecule has 1 spiro atoms. The standard InChI is InChI=1S/C49H33N3O/c1-2-13-30(14-3-1)46-36-17-5-8-21-42(36)50-48(51-46)52-43-24-23-31(32-18-12-19-35-34-16-6-9-22-45(34)53-47(32)35)27-38(43)39-28-41-37(29-44(39)52)33-15-4-7-20-40(33)49(41)25-10-11-26-49/h1-9,12-24,27-29H,10-11,25-26H2. The summed E-state index contributed by atoms with van der Waals surface area (Å²) in [5, 5.41) is 5.74. The maximum absolute atomic E-state index is 6.54. The molecule has 2 aliphatic rings. The summed E-state index contributed by atoms with van der Waals surface area (Å²) in [7, 11) is 0. The second kappa shape index (κ2) is 10.8. The number of para-hydroxylation sites is 3. The molecular weight excluding hydrogens is 647 g/mol. The molecule has 0 aliphatic heterocycles. The molecular formula is C49H33N3O. The number of hydrogen-bond acceptors (Lipinski definition) is 3. The van der Waals surface area contributed by atoms with Crippen molar-refractivity contribution in [2.45, 2.75) is 31.1 Å². The van der Waals surface area contributed by atoms with Crippen LogP contribution in [0.15, 0.2) is 156 Å². The summed E-state index contributed by atoms with van der Waals surface area (Å²) in [6.45, 7) is 0. The van der Waals surface area contributed by atoms with Crippen LogP contribution in [0.3, 0.4) is 0 Å². The van der Waals surface area contributed by atoms with E-state index < -0.39 is 0 Å². The van der Waals surface area contributed by atoms with Crippen LogP contribution < -0.4 is 0 Å². The summed E-state index contributed by atoms with van der Waals surface area (Å²) < 4.78 is 8.85. The van der Waals surface area contributed by atoms with Crippen LogP contribution in [0.4, 0.5) is 0 Å². The molecule has 0 saturated heterocycles. The quantitative estimate of drug-likeness (QED) is 0.187. The minimum atomic E-state index is 0.0615. The highest BCUT2D eigenvalue weighted by Crippen LogP contribution is 2.58. The van der Waals surface area contributed by atoms with Gasteiger partial charge in [-0.2, -0.15) is 0 Å². The molecule has 4 nitrogen and oxygen atoms in total. The van der Waals surface area contributed by atoms with Gasteiger partial charge in [-0.3, -0.25) is 4.57 Å². The van der Waals surface area contributed by atoms with Crippen molar-refractivity contribution in [3.8, 4) is 39.5 Å². The van der Waals surface area contributed by atoms with Gasteiger partial charge in [0, 0.05) is 43.5 Å². The molecule has 3 heterocycles. The number of furan rings is 1. The Morgan fingerprint density at radius 3 is 2.13 bits per heavy atom. The molecule has 0 bridgehead atoms. The first-order valence-corrected chi connectivity index (χ1v) is 18.7. The lowest BCUT2D eigenvalue weighted by molar-refractivity contribution is 0.550. The third-order valence-corrected chi connectivity index (χ3v) is 12.2. The van der Waals surface area contributed by atoms with E-state index in [1.165, 1.54) is 58.7 Å². The van der Waals surface area contributed by atoms with E-state index >= 15 is 0 Å². The highest BCUT2D eigenvalue weighted by molar-refractivity contribution is 6.14. The fourth-order valence-electron chi connectivity index (χ4n) is 9.82. The first-order valence-electron chi connectivity index (χ1n) is 18.7. The minimum Gasteiger partial charge on any atom is -0.455 e. The van der Waals surface area contributed by atoms with E-state index in [0.29, 0.717) is 5.95 Å². The first-order chi connectivity index (χ1) is 26.2. The maximum atomic E-state index is 6.54. The lowest BCUT2D eigenvalue weighted by Gasteiger charge is -2.26. The van der Waals surface area contributed by atoms with Gasteiger partial charge in [0.05, 0.1) is 22.2 Å². The van der Waals surface area contributed by atoms with Crippen molar-refractivity contribution >= 4 is 54.6 Å². The van der Waals surface area contributed by atoms with Gasteiger partial charge in [0.25, 0.3) is 0 Å². The first kappa shape index (κ1) is 29.1. The van der Waals surface area contributed by atoms with Crippen molar-refractivity contribution in [1.29, 1.82) is 0 Å². The second-order valence-electron chi connectivity index (χ2n) is 14.9. The van der Waals surface area contributed by atoms with Crippen LogP contribution in [0.1, 0.15) is 36.8 Å². The molecule has 0 atom stereocenters. The van der Waals surface area contributed by atoms with Gasteiger partial charge in [-0.05, 0) is 77.1 Å². The van der Waals surface area contributed by atoms with Crippen molar-refractivity contribution in [2.75, 3.05) is 0 Å². The van der Waals surface area contributed by atoms with Crippen molar-refractivity contribution in [3.63, 3.8) is 0 Å². The Labute approximate surface area is 306 Å². The number of aromatic nitrogens is 3. The fraction of sp³-hybridized carbons (Fsp3) is 0.102. The molecule has 0 unspecified atom stereocenters. The molecule has 12 rings (SSSR count). The molecule has 10 aromatic rings. The molecule has 7 aromatic carbocycles. The number of nitrogens with zero attached hydrogens (tertiary/aromatic N) is 3. The van der Waals surface area contributed by atoms with E-state index in [2.05, 4.69) is 150 Å². The molecule has 0 N–H and O–H groups in total. The van der Waals surface area contributed by atoms with Gasteiger partial charge in [-0.25, -0.2) is 9.97 Å². The Bertz CT molecular complexity index is 3130. The third-order valence-electron chi connectivity index (χ3n) is 12.2. The number of fused-ring (bicyclic) bond motifs is 12. The van der Waals surface area contributed by atoms with Crippen LogP contribution in [0, 0.1) is 0 Å². The summed E-state index contributed by atoms with van der Waals surface area (Å²) in [5.74, 6) is 0.677. The summed E-state index contributed by atoms with van der Waals surface area (Å²) in [6.07, 6.45) is 4.89. The van der Waals surface area contributed by atoms with Gasteiger partial charge in [0.2, 0.25) is 5.95 Å². The lowest BCUT2D eigenvalue weighted by atomic mass is 9.76. The smallest absolute Gasteiger partial charge is 0.235 e. The van der Waals surface area contributed by atoms with Crippen molar-refractivity contribution in [1.82, 2.24) is 14.5 Å². The normalized spacial score (nSPS) is 14.6. The Morgan fingerprint density at radius 2 is 1.23 bits per heavy atom.